The van der Waals surface area contributed by atoms with Gasteiger partial charge >= 0.3 is 0 Å². The van der Waals surface area contributed by atoms with E-state index in [0.717, 1.165) is 22.4 Å². The molecule has 4 nitrogen and oxygen atoms in total. The van der Waals surface area contributed by atoms with Crippen LogP contribution in [0.1, 0.15) is 39.1 Å². The summed E-state index contributed by atoms with van der Waals surface area (Å²) in [4.78, 5) is 20.6. The molecule has 2 heterocycles. The number of ether oxygens (including phenoxy) is 1. The summed E-state index contributed by atoms with van der Waals surface area (Å²) in [7, 11) is 0. The number of Topliss-reactive ketones (excluding diaryl/α,β-unsaturated/α-hetero) is 1. The van der Waals surface area contributed by atoms with Crippen LogP contribution in [-0.2, 0) is 4.84 Å². The third-order valence-electron chi connectivity index (χ3n) is 6.42. The number of rotatable bonds is 3. The van der Waals surface area contributed by atoms with Crippen molar-refractivity contribution in [3.8, 4) is 5.75 Å². The van der Waals surface area contributed by atoms with Gasteiger partial charge in [-0.3, -0.25) is 4.79 Å². The van der Waals surface area contributed by atoms with E-state index in [-0.39, 0.29) is 5.78 Å². The van der Waals surface area contributed by atoms with Gasteiger partial charge in [-0.1, -0.05) is 108 Å². The van der Waals surface area contributed by atoms with Gasteiger partial charge in [-0.2, -0.15) is 0 Å². The van der Waals surface area contributed by atoms with Gasteiger partial charge < -0.3 is 9.57 Å². The highest BCUT2D eigenvalue weighted by Gasteiger charge is 2.64. The molecule has 0 aliphatic carbocycles. The molecule has 4 aromatic carbocycles. The van der Waals surface area contributed by atoms with Gasteiger partial charge in [-0.05, 0) is 23.3 Å². The van der Waals surface area contributed by atoms with E-state index in [1.807, 2.05) is 109 Å². The summed E-state index contributed by atoms with van der Waals surface area (Å²) in [6.07, 6.45) is -0.670. The molecule has 2 aliphatic heterocycles. The standard InChI is InChI=1S/C29H21NO3/c31-27-23-18-10-11-19-24(23)32-28(22-16-8-3-9-17-22)29(27)25(20-12-4-1-5-13-20)26(30-33-29)21-14-6-2-7-15-21/h1-19,25,28H. The number of fused-ring (bicyclic) bond motifs is 1. The summed E-state index contributed by atoms with van der Waals surface area (Å²) in [6.45, 7) is 0. The predicted octanol–water partition coefficient (Wildman–Crippen LogP) is 5.96. The van der Waals surface area contributed by atoms with E-state index in [1.165, 1.54) is 0 Å². The Bertz CT molecular complexity index is 1340. The van der Waals surface area contributed by atoms with Crippen LogP contribution in [0.15, 0.2) is 120 Å². The van der Waals surface area contributed by atoms with Crippen molar-refractivity contribution in [2.75, 3.05) is 0 Å². The van der Waals surface area contributed by atoms with Crippen LogP contribution in [0.25, 0.3) is 0 Å². The first-order valence-electron chi connectivity index (χ1n) is 11.0. The van der Waals surface area contributed by atoms with Gasteiger partial charge in [0.2, 0.25) is 5.78 Å². The molecule has 3 unspecified atom stereocenters. The first-order valence-corrected chi connectivity index (χ1v) is 11.0. The lowest BCUT2D eigenvalue weighted by atomic mass is 9.68. The van der Waals surface area contributed by atoms with E-state index in [9.17, 15) is 4.79 Å². The van der Waals surface area contributed by atoms with Crippen molar-refractivity contribution in [1.29, 1.82) is 0 Å². The number of nitrogens with zero attached hydrogens (tertiary/aromatic N) is 1. The first kappa shape index (κ1) is 19.5. The van der Waals surface area contributed by atoms with E-state index >= 15 is 0 Å². The Balaban J connectivity index is 1.61. The van der Waals surface area contributed by atoms with Gasteiger partial charge in [-0.25, -0.2) is 0 Å². The van der Waals surface area contributed by atoms with E-state index in [2.05, 4.69) is 5.16 Å². The molecule has 0 radical (unpaired) electrons. The smallest absolute Gasteiger partial charge is 0.252 e. The Labute approximate surface area is 192 Å². The van der Waals surface area contributed by atoms with Crippen LogP contribution in [0.4, 0.5) is 0 Å². The van der Waals surface area contributed by atoms with Crippen molar-refractivity contribution in [2.45, 2.75) is 17.6 Å². The number of hydrogen-bond acceptors (Lipinski definition) is 4. The molecule has 0 aromatic heterocycles. The van der Waals surface area contributed by atoms with Crippen LogP contribution in [0, 0.1) is 0 Å². The second-order valence-electron chi connectivity index (χ2n) is 8.30. The lowest BCUT2D eigenvalue weighted by Gasteiger charge is -2.42. The van der Waals surface area contributed by atoms with Gasteiger partial charge in [0, 0.05) is 5.56 Å². The summed E-state index contributed by atoms with van der Waals surface area (Å²) in [5.74, 6) is -0.0144. The van der Waals surface area contributed by atoms with Crippen molar-refractivity contribution < 1.29 is 14.4 Å². The molecule has 0 bridgehead atoms. The monoisotopic (exact) mass is 431 g/mol. The molecule has 4 aromatic rings. The number of hydrogen-bond donors (Lipinski definition) is 0. The van der Waals surface area contributed by atoms with Gasteiger partial charge in [0.15, 0.2) is 6.10 Å². The zero-order valence-electron chi connectivity index (χ0n) is 17.8. The highest BCUT2D eigenvalue weighted by Crippen LogP contribution is 2.54. The van der Waals surface area contributed by atoms with Gasteiger partial charge in [-0.15, -0.1) is 0 Å². The minimum atomic E-state index is -1.37. The first-order chi connectivity index (χ1) is 16.3. The molecule has 1 spiro atoms. The number of carbonyl (C=O) groups excluding carboxylic acids is 1. The second-order valence-corrected chi connectivity index (χ2v) is 8.30. The van der Waals surface area contributed by atoms with Crippen LogP contribution in [0.3, 0.4) is 0 Å². The van der Waals surface area contributed by atoms with E-state index in [4.69, 9.17) is 9.57 Å². The highest BCUT2D eigenvalue weighted by molar-refractivity contribution is 6.16. The molecule has 0 saturated heterocycles. The molecule has 0 amide bonds. The Morgan fingerprint density at radius 2 is 1.24 bits per heavy atom. The van der Waals surface area contributed by atoms with E-state index in [1.54, 1.807) is 6.07 Å². The van der Waals surface area contributed by atoms with Gasteiger partial charge in [0.05, 0.1) is 17.2 Å². The fraction of sp³-hybridized carbons (Fsp3) is 0.103. The summed E-state index contributed by atoms with van der Waals surface area (Å²) in [5, 5.41) is 4.56. The number of ketones is 1. The van der Waals surface area contributed by atoms with Crippen molar-refractivity contribution in [3.63, 3.8) is 0 Å². The third-order valence-corrected chi connectivity index (χ3v) is 6.42. The van der Waals surface area contributed by atoms with E-state index < -0.39 is 17.6 Å². The number of para-hydroxylation sites is 1. The average molecular weight is 431 g/mol. The van der Waals surface area contributed by atoms with Gasteiger partial charge in [0.1, 0.15) is 5.75 Å². The predicted molar refractivity (Wildman–Crippen MR) is 127 cm³/mol. The van der Waals surface area contributed by atoms with Crippen LogP contribution in [0.2, 0.25) is 0 Å². The summed E-state index contributed by atoms with van der Waals surface area (Å²) in [6, 6.07) is 37.0. The largest absolute Gasteiger partial charge is 0.480 e. The normalized spacial score (nSPS) is 23.4. The molecular weight excluding hydrogens is 410 g/mol. The molecular formula is C29H21NO3. The van der Waals surface area contributed by atoms with E-state index in [0.29, 0.717) is 11.3 Å². The van der Waals surface area contributed by atoms with Gasteiger partial charge in [0.25, 0.3) is 5.60 Å². The maximum absolute atomic E-state index is 14.3. The SMILES string of the molecule is O=C1c2ccccc2OC(c2ccccc2)C12ON=C(c1ccccc1)C2c1ccccc1. The number of carbonyl (C=O) groups is 1. The van der Waals surface area contributed by atoms with Crippen molar-refractivity contribution in [2.24, 2.45) is 5.16 Å². The van der Waals surface area contributed by atoms with Crippen LogP contribution < -0.4 is 4.74 Å². The zero-order chi connectivity index (χ0) is 22.3. The lowest BCUT2D eigenvalue weighted by molar-refractivity contribution is -0.0852. The molecule has 4 heteroatoms. The number of oxime groups is 1. The molecule has 6 rings (SSSR count). The Morgan fingerprint density at radius 1 is 0.667 bits per heavy atom. The summed E-state index contributed by atoms with van der Waals surface area (Å²) < 4.78 is 6.54. The Morgan fingerprint density at radius 3 is 1.94 bits per heavy atom. The van der Waals surface area contributed by atoms with Crippen molar-refractivity contribution in [3.05, 3.63) is 138 Å². The maximum Gasteiger partial charge on any atom is 0.252 e. The summed E-state index contributed by atoms with van der Waals surface area (Å²) >= 11 is 0. The van der Waals surface area contributed by atoms with Crippen LogP contribution in [-0.4, -0.2) is 17.1 Å². The molecule has 2 aliphatic rings. The molecule has 160 valence electrons. The van der Waals surface area contributed by atoms with Crippen molar-refractivity contribution in [1.82, 2.24) is 0 Å². The minimum Gasteiger partial charge on any atom is -0.480 e. The fourth-order valence-electron chi connectivity index (χ4n) is 4.93. The Hall–Kier alpha value is -4.18. The molecule has 0 fully saturated rings. The molecule has 0 saturated carbocycles. The molecule has 0 N–H and O–H groups in total. The average Bonchev–Trinajstić information content (AvgIpc) is 3.29. The fourth-order valence-corrected chi connectivity index (χ4v) is 4.93. The summed E-state index contributed by atoms with van der Waals surface area (Å²) in [5.41, 5.74) is 2.60. The second kappa shape index (κ2) is 7.75. The lowest BCUT2D eigenvalue weighted by Crippen LogP contribution is -2.54. The highest BCUT2D eigenvalue weighted by atomic mass is 16.7. The quantitative estimate of drug-likeness (QED) is 0.402. The molecule has 33 heavy (non-hydrogen) atoms. The topological polar surface area (TPSA) is 47.9 Å². The molecule has 3 atom stereocenters. The third kappa shape index (κ3) is 2.99. The zero-order valence-corrected chi connectivity index (χ0v) is 17.8. The van der Waals surface area contributed by atoms with Crippen LogP contribution >= 0.6 is 0 Å². The maximum atomic E-state index is 14.3. The number of benzene rings is 4. The van der Waals surface area contributed by atoms with Crippen molar-refractivity contribution >= 4 is 11.5 Å². The Kier molecular flexibility index (Phi) is 4.58. The van der Waals surface area contributed by atoms with Crippen LogP contribution in [0.5, 0.6) is 5.75 Å². The minimum absolute atomic E-state index is 0.123.